The van der Waals surface area contributed by atoms with Crippen molar-refractivity contribution in [3.63, 3.8) is 0 Å². The molecule has 2 saturated carbocycles. The van der Waals surface area contributed by atoms with Gasteiger partial charge in [0.2, 0.25) is 5.91 Å². The molecule has 18 heavy (non-hydrogen) atoms. The Morgan fingerprint density at radius 3 is 2.17 bits per heavy atom. The summed E-state index contributed by atoms with van der Waals surface area (Å²) in [5.74, 6) is 1.16. The van der Waals surface area contributed by atoms with Gasteiger partial charge in [0.1, 0.15) is 0 Å². The van der Waals surface area contributed by atoms with Crippen LogP contribution in [0.25, 0.3) is 0 Å². The first-order valence-corrected chi connectivity index (χ1v) is 7.31. The van der Waals surface area contributed by atoms with Gasteiger partial charge in [0.25, 0.3) is 0 Å². The number of halogens is 1. The molecular formula is C14H27ClN2O. The predicted molar refractivity (Wildman–Crippen MR) is 76.8 cm³/mol. The average molecular weight is 275 g/mol. The normalized spacial score (nSPS) is 23.4. The SMILES string of the molecule is Cl.NCC(NC(=O)C1CCCC1)C1CCCCC1. The summed E-state index contributed by atoms with van der Waals surface area (Å²) >= 11 is 0. The maximum atomic E-state index is 12.1. The molecule has 0 aromatic heterocycles. The van der Waals surface area contributed by atoms with Gasteiger partial charge in [-0.15, -0.1) is 12.4 Å². The molecular weight excluding hydrogens is 248 g/mol. The van der Waals surface area contributed by atoms with Crippen molar-refractivity contribution < 1.29 is 4.79 Å². The minimum atomic E-state index is 0. The summed E-state index contributed by atoms with van der Waals surface area (Å²) < 4.78 is 0. The van der Waals surface area contributed by atoms with Crippen molar-refractivity contribution in [1.82, 2.24) is 5.32 Å². The van der Waals surface area contributed by atoms with Crippen LogP contribution in [0.15, 0.2) is 0 Å². The molecule has 0 spiro atoms. The van der Waals surface area contributed by atoms with E-state index in [2.05, 4.69) is 5.32 Å². The summed E-state index contributed by atoms with van der Waals surface area (Å²) in [5.41, 5.74) is 5.84. The van der Waals surface area contributed by atoms with Crippen molar-refractivity contribution in [2.45, 2.75) is 63.8 Å². The van der Waals surface area contributed by atoms with E-state index in [0.717, 1.165) is 12.8 Å². The highest BCUT2D eigenvalue weighted by atomic mass is 35.5. The van der Waals surface area contributed by atoms with Crippen molar-refractivity contribution >= 4 is 18.3 Å². The molecule has 1 unspecified atom stereocenters. The van der Waals surface area contributed by atoms with Crippen LogP contribution >= 0.6 is 12.4 Å². The number of amides is 1. The second-order valence-electron chi connectivity index (χ2n) is 5.73. The Bertz CT molecular complexity index is 248. The molecule has 0 saturated heterocycles. The molecule has 0 aromatic rings. The average Bonchev–Trinajstić information content (AvgIpc) is 2.90. The van der Waals surface area contributed by atoms with E-state index in [9.17, 15) is 4.79 Å². The Kier molecular flexibility index (Phi) is 7.02. The molecule has 0 heterocycles. The van der Waals surface area contributed by atoms with E-state index < -0.39 is 0 Å². The zero-order valence-electron chi connectivity index (χ0n) is 11.2. The largest absolute Gasteiger partial charge is 0.352 e. The molecule has 3 N–H and O–H groups in total. The van der Waals surface area contributed by atoms with Crippen molar-refractivity contribution in [3.8, 4) is 0 Å². The molecule has 0 aliphatic heterocycles. The zero-order valence-corrected chi connectivity index (χ0v) is 12.0. The van der Waals surface area contributed by atoms with E-state index in [1.54, 1.807) is 0 Å². The lowest BCUT2D eigenvalue weighted by Crippen LogP contribution is -2.47. The second-order valence-corrected chi connectivity index (χ2v) is 5.73. The van der Waals surface area contributed by atoms with Gasteiger partial charge in [-0.3, -0.25) is 4.79 Å². The third-order valence-corrected chi connectivity index (χ3v) is 4.53. The molecule has 2 rings (SSSR count). The molecule has 2 fully saturated rings. The molecule has 1 atom stereocenters. The van der Waals surface area contributed by atoms with Gasteiger partial charge in [0, 0.05) is 18.5 Å². The van der Waals surface area contributed by atoms with E-state index in [0.29, 0.717) is 12.5 Å². The lowest BCUT2D eigenvalue weighted by atomic mass is 9.83. The number of hydrogen-bond acceptors (Lipinski definition) is 2. The zero-order chi connectivity index (χ0) is 12.1. The molecule has 2 aliphatic carbocycles. The maximum absolute atomic E-state index is 12.1. The Morgan fingerprint density at radius 2 is 1.61 bits per heavy atom. The first-order chi connectivity index (χ1) is 8.31. The van der Waals surface area contributed by atoms with Crippen molar-refractivity contribution in [3.05, 3.63) is 0 Å². The van der Waals surface area contributed by atoms with Gasteiger partial charge in [-0.05, 0) is 31.6 Å². The Balaban J connectivity index is 0.00000162. The van der Waals surface area contributed by atoms with E-state index in [1.807, 2.05) is 0 Å². The Morgan fingerprint density at radius 1 is 1.06 bits per heavy atom. The summed E-state index contributed by atoms with van der Waals surface area (Å²) in [4.78, 5) is 12.1. The third-order valence-electron chi connectivity index (χ3n) is 4.53. The third kappa shape index (κ3) is 4.13. The van der Waals surface area contributed by atoms with Gasteiger partial charge >= 0.3 is 0 Å². The summed E-state index contributed by atoms with van der Waals surface area (Å²) in [6, 6.07) is 0.225. The van der Waals surface area contributed by atoms with E-state index in [-0.39, 0.29) is 30.3 Å². The maximum Gasteiger partial charge on any atom is 0.223 e. The van der Waals surface area contributed by atoms with Crippen LogP contribution in [0.1, 0.15) is 57.8 Å². The van der Waals surface area contributed by atoms with Crippen molar-refractivity contribution in [2.75, 3.05) is 6.54 Å². The van der Waals surface area contributed by atoms with E-state index in [4.69, 9.17) is 5.73 Å². The minimum Gasteiger partial charge on any atom is -0.352 e. The summed E-state index contributed by atoms with van der Waals surface area (Å²) in [7, 11) is 0. The van der Waals surface area contributed by atoms with Crippen LogP contribution in [0.4, 0.5) is 0 Å². The lowest BCUT2D eigenvalue weighted by molar-refractivity contribution is -0.125. The van der Waals surface area contributed by atoms with Crippen LogP contribution in [0.2, 0.25) is 0 Å². The highest BCUT2D eigenvalue weighted by Gasteiger charge is 2.28. The van der Waals surface area contributed by atoms with Crippen molar-refractivity contribution in [1.29, 1.82) is 0 Å². The molecule has 0 radical (unpaired) electrons. The lowest BCUT2D eigenvalue weighted by Gasteiger charge is -2.30. The van der Waals surface area contributed by atoms with Gasteiger partial charge in [-0.1, -0.05) is 32.1 Å². The van der Waals surface area contributed by atoms with Gasteiger partial charge in [0.15, 0.2) is 0 Å². The molecule has 4 heteroatoms. The smallest absolute Gasteiger partial charge is 0.223 e. The molecule has 1 amide bonds. The number of carbonyl (C=O) groups is 1. The standard InChI is InChI=1S/C14H26N2O.ClH/c15-10-13(11-6-2-1-3-7-11)16-14(17)12-8-4-5-9-12;/h11-13H,1-10,15H2,(H,16,17);1H. The fourth-order valence-electron chi connectivity index (χ4n) is 3.39. The number of nitrogens with two attached hydrogens (primary N) is 1. The van der Waals surface area contributed by atoms with Crippen LogP contribution in [-0.2, 0) is 4.79 Å². The second kappa shape index (κ2) is 8.00. The minimum absolute atomic E-state index is 0. The van der Waals surface area contributed by atoms with Crippen LogP contribution in [0.5, 0.6) is 0 Å². The van der Waals surface area contributed by atoms with Crippen molar-refractivity contribution in [2.24, 2.45) is 17.6 Å². The number of hydrogen-bond donors (Lipinski definition) is 2. The summed E-state index contributed by atoms with van der Waals surface area (Å²) in [6.45, 7) is 0.600. The number of nitrogens with one attached hydrogen (secondary N) is 1. The van der Waals surface area contributed by atoms with Crippen LogP contribution in [0, 0.1) is 11.8 Å². The van der Waals surface area contributed by atoms with Crippen LogP contribution in [-0.4, -0.2) is 18.5 Å². The predicted octanol–water partition coefficient (Wildman–Crippen LogP) is 2.62. The molecule has 2 aliphatic rings. The molecule has 106 valence electrons. The quantitative estimate of drug-likeness (QED) is 0.828. The number of carbonyl (C=O) groups excluding carboxylic acids is 1. The Labute approximate surface area is 117 Å². The summed E-state index contributed by atoms with van der Waals surface area (Å²) in [5, 5.41) is 3.21. The van der Waals surface area contributed by atoms with E-state index >= 15 is 0 Å². The topological polar surface area (TPSA) is 55.1 Å². The first-order valence-electron chi connectivity index (χ1n) is 7.31. The van der Waals surface area contributed by atoms with E-state index in [1.165, 1.54) is 44.9 Å². The monoisotopic (exact) mass is 274 g/mol. The molecule has 3 nitrogen and oxygen atoms in total. The van der Waals surface area contributed by atoms with Gasteiger partial charge < -0.3 is 11.1 Å². The Hall–Kier alpha value is -0.280. The summed E-state index contributed by atoms with van der Waals surface area (Å²) in [6.07, 6.45) is 11.0. The van der Waals surface area contributed by atoms with Crippen LogP contribution < -0.4 is 11.1 Å². The van der Waals surface area contributed by atoms with Gasteiger partial charge in [0.05, 0.1) is 0 Å². The molecule has 0 bridgehead atoms. The van der Waals surface area contributed by atoms with Gasteiger partial charge in [-0.2, -0.15) is 0 Å². The fourth-order valence-corrected chi connectivity index (χ4v) is 3.39. The fraction of sp³-hybridized carbons (Fsp3) is 0.929. The van der Waals surface area contributed by atoms with Gasteiger partial charge in [-0.25, -0.2) is 0 Å². The van der Waals surface area contributed by atoms with Crippen LogP contribution in [0.3, 0.4) is 0 Å². The molecule has 0 aromatic carbocycles. The number of rotatable bonds is 4. The highest BCUT2D eigenvalue weighted by Crippen LogP contribution is 2.28. The first kappa shape index (κ1) is 15.8. The highest BCUT2D eigenvalue weighted by molar-refractivity contribution is 5.85.